The summed E-state index contributed by atoms with van der Waals surface area (Å²) in [6, 6.07) is 11.2. The van der Waals surface area contributed by atoms with Crippen molar-refractivity contribution in [1.29, 1.82) is 0 Å². The number of nitrogens with one attached hydrogen (secondary N) is 1. The van der Waals surface area contributed by atoms with Crippen LogP contribution in [-0.2, 0) is 0 Å². The van der Waals surface area contributed by atoms with Gasteiger partial charge in [-0.1, -0.05) is 0 Å². The van der Waals surface area contributed by atoms with Gasteiger partial charge in [0.2, 0.25) is 0 Å². The lowest BCUT2D eigenvalue weighted by Gasteiger charge is -2.19. The predicted molar refractivity (Wildman–Crippen MR) is 116 cm³/mol. The smallest absolute Gasteiger partial charge is 0.293 e. The molecule has 8 nitrogen and oxygen atoms in total. The fourth-order valence-corrected chi connectivity index (χ4v) is 3.63. The van der Waals surface area contributed by atoms with Gasteiger partial charge < -0.3 is 15.1 Å². The Morgan fingerprint density at radius 3 is 2.20 bits per heavy atom. The summed E-state index contributed by atoms with van der Waals surface area (Å²) in [6.45, 7) is 6.66. The third-order valence-electron chi connectivity index (χ3n) is 5.32. The second-order valence-corrected chi connectivity index (χ2v) is 7.16. The highest BCUT2D eigenvalue weighted by Crippen LogP contribution is 2.31. The van der Waals surface area contributed by atoms with E-state index >= 15 is 0 Å². The average molecular weight is 410 g/mol. The number of hydrogen-bond acceptors (Lipinski definition) is 5. The quantitative estimate of drug-likeness (QED) is 0.551. The monoisotopic (exact) mass is 410 g/mol. The molecule has 0 spiro atoms. The standard InChI is InChI=1S/C22H26N4O4/c1-3-24(4-2)22(28)16-7-10-18(11-8-16)23-21(27)17-9-12-19(20(15-17)26(29)30)25-13-5-6-14-25/h7-12,15H,3-6,13-14H2,1-2H3,(H,23,27). The minimum Gasteiger partial charge on any atom is -0.366 e. The van der Waals surface area contributed by atoms with Gasteiger partial charge in [-0.15, -0.1) is 0 Å². The molecule has 158 valence electrons. The van der Waals surface area contributed by atoms with Crippen molar-refractivity contribution in [2.24, 2.45) is 0 Å². The summed E-state index contributed by atoms with van der Waals surface area (Å²) in [5, 5.41) is 14.3. The van der Waals surface area contributed by atoms with Crippen LogP contribution in [-0.4, -0.2) is 47.8 Å². The average Bonchev–Trinajstić information content (AvgIpc) is 3.29. The van der Waals surface area contributed by atoms with Crippen molar-refractivity contribution in [2.45, 2.75) is 26.7 Å². The minimum absolute atomic E-state index is 0.0639. The maximum Gasteiger partial charge on any atom is 0.293 e. The molecule has 0 aromatic heterocycles. The molecule has 1 aliphatic heterocycles. The van der Waals surface area contributed by atoms with Crippen LogP contribution in [0.1, 0.15) is 47.4 Å². The Balaban J connectivity index is 1.75. The van der Waals surface area contributed by atoms with Crippen LogP contribution in [0, 0.1) is 10.1 Å². The number of rotatable bonds is 7. The number of nitro benzene ring substituents is 1. The van der Waals surface area contributed by atoms with E-state index in [1.54, 1.807) is 41.3 Å². The first-order chi connectivity index (χ1) is 14.4. The lowest BCUT2D eigenvalue weighted by Crippen LogP contribution is -2.30. The molecule has 3 rings (SSSR count). The molecule has 1 aliphatic rings. The van der Waals surface area contributed by atoms with Crippen LogP contribution >= 0.6 is 0 Å². The van der Waals surface area contributed by atoms with Crippen LogP contribution in [0.15, 0.2) is 42.5 Å². The number of benzene rings is 2. The molecule has 30 heavy (non-hydrogen) atoms. The van der Waals surface area contributed by atoms with E-state index in [0.29, 0.717) is 30.0 Å². The molecule has 1 heterocycles. The topological polar surface area (TPSA) is 95.8 Å². The summed E-state index contributed by atoms with van der Waals surface area (Å²) in [4.78, 5) is 39.8. The molecular weight excluding hydrogens is 384 g/mol. The number of amides is 2. The second kappa shape index (κ2) is 9.39. The molecule has 0 saturated carbocycles. The predicted octanol–water partition coefficient (Wildman–Crippen LogP) is 3.93. The number of carbonyl (C=O) groups excluding carboxylic acids is 2. The van der Waals surface area contributed by atoms with Gasteiger partial charge in [0.25, 0.3) is 17.5 Å². The Kier molecular flexibility index (Phi) is 6.66. The summed E-state index contributed by atoms with van der Waals surface area (Å²) in [5.74, 6) is -0.500. The van der Waals surface area contributed by atoms with E-state index in [-0.39, 0.29) is 17.2 Å². The lowest BCUT2D eigenvalue weighted by molar-refractivity contribution is -0.384. The SMILES string of the molecule is CCN(CC)C(=O)c1ccc(NC(=O)c2ccc(N3CCCC3)c([N+](=O)[O-])c2)cc1. The minimum atomic E-state index is -0.446. The van der Waals surface area contributed by atoms with Crippen LogP contribution in [0.5, 0.6) is 0 Å². The Hall–Kier alpha value is -3.42. The van der Waals surface area contributed by atoms with Gasteiger partial charge in [0.15, 0.2) is 0 Å². The van der Waals surface area contributed by atoms with E-state index in [0.717, 1.165) is 25.9 Å². The first-order valence-electron chi connectivity index (χ1n) is 10.2. The number of carbonyl (C=O) groups is 2. The van der Waals surface area contributed by atoms with E-state index in [1.807, 2.05) is 18.7 Å². The van der Waals surface area contributed by atoms with E-state index in [1.165, 1.54) is 6.07 Å². The van der Waals surface area contributed by atoms with Crippen molar-refractivity contribution in [2.75, 3.05) is 36.4 Å². The summed E-state index contributed by atoms with van der Waals surface area (Å²) in [5.41, 5.74) is 1.76. The summed E-state index contributed by atoms with van der Waals surface area (Å²) >= 11 is 0. The van der Waals surface area contributed by atoms with Gasteiger partial charge in [0, 0.05) is 49.1 Å². The maximum atomic E-state index is 12.6. The zero-order valence-electron chi connectivity index (χ0n) is 17.3. The molecule has 0 atom stereocenters. The molecule has 0 unspecified atom stereocenters. The van der Waals surface area contributed by atoms with Crippen molar-refractivity contribution in [3.63, 3.8) is 0 Å². The molecule has 0 aliphatic carbocycles. The molecule has 1 fully saturated rings. The number of anilines is 2. The number of nitro groups is 1. The molecule has 2 aromatic carbocycles. The molecule has 2 amide bonds. The van der Waals surface area contributed by atoms with Gasteiger partial charge >= 0.3 is 0 Å². The van der Waals surface area contributed by atoms with Gasteiger partial charge in [-0.25, -0.2) is 0 Å². The molecule has 8 heteroatoms. The molecule has 0 radical (unpaired) electrons. The summed E-state index contributed by atoms with van der Waals surface area (Å²) in [6.07, 6.45) is 2.01. The van der Waals surface area contributed by atoms with E-state index in [2.05, 4.69) is 5.32 Å². The Bertz CT molecular complexity index is 933. The highest BCUT2D eigenvalue weighted by molar-refractivity contribution is 6.05. The molecule has 0 bridgehead atoms. The van der Waals surface area contributed by atoms with Crippen molar-refractivity contribution in [3.8, 4) is 0 Å². The first-order valence-corrected chi connectivity index (χ1v) is 10.2. The molecular formula is C22H26N4O4. The van der Waals surface area contributed by atoms with Crippen molar-refractivity contribution >= 4 is 28.9 Å². The van der Waals surface area contributed by atoms with E-state index < -0.39 is 10.8 Å². The highest BCUT2D eigenvalue weighted by Gasteiger charge is 2.24. The Morgan fingerprint density at radius 2 is 1.63 bits per heavy atom. The third kappa shape index (κ3) is 4.59. The van der Waals surface area contributed by atoms with Crippen molar-refractivity contribution in [3.05, 3.63) is 63.7 Å². The van der Waals surface area contributed by atoms with Crippen molar-refractivity contribution < 1.29 is 14.5 Å². The van der Waals surface area contributed by atoms with Crippen molar-refractivity contribution in [1.82, 2.24) is 4.90 Å². The fraction of sp³-hybridized carbons (Fsp3) is 0.364. The van der Waals surface area contributed by atoms with Crippen LogP contribution < -0.4 is 10.2 Å². The van der Waals surface area contributed by atoms with E-state index in [9.17, 15) is 19.7 Å². The zero-order valence-corrected chi connectivity index (χ0v) is 17.3. The summed E-state index contributed by atoms with van der Waals surface area (Å²) in [7, 11) is 0. The van der Waals surface area contributed by atoms with Crippen LogP contribution in [0.3, 0.4) is 0 Å². The van der Waals surface area contributed by atoms with Gasteiger partial charge in [-0.3, -0.25) is 19.7 Å². The number of hydrogen-bond donors (Lipinski definition) is 1. The Labute approximate surface area is 175 Å². The largest absolute Gasteiger partial charge is 0.366 e. The van der Waals surface area contributed by atoms with Crippen LogP contribution in [0.25, 0.3) is 0 Å². The molecule has 1 N–H and O–H groups in total. The third-order valence-corrected chi connectivity index (χ3v) is 5.32. The van der Waals surface area contributed by atoms with Crippen LogP contribution in [0.4, 0.5) is 17.1 Å². The molecule has 1 saturated heterocycles. The number of nitrogens with zero attached hydrogens (tertiary/aromatic N) is 3. The Morgan fingerprint density at radius 1 is 1.03 bits per heavy atom. The molecule has 2 aromatic rings. The normalized spacial score (nSPS) is 13.2. The van der Waals surface area contributed by atoms with Gasteiger partial charge in [-0.2, -0.15) is 0 Å². The highest BCUT2D eigenvalue weighted by atomic mass is 16.6. The van der Waals surface area contributed by atoms with Gasteiger partial charge in [0.05, 0.1) is 4.92 Å². The maximum absolute atomic E-state index is 12.6. The van der Waals surface area contributed by atoms with Gasteiger partial charge in [-0.05, 0) is 63.1 Å². The zero-order chi connectivity index (χ0) is 21.7. The first kappa shape index (κ1) is 21.3. The fourth-order valence-electron chi connectivity index (χ4n) is 3.63. The lowest BCUT2D eigenvalue weighted by atomic mass is 10.1. The van der Waals surface area contributed by atoms with Crippen LogP contribution in [0.2, 0.25) is 0 Å². The van der Waals surface area contributed by atoms with Gasteiger partial charge in [0.1, 0.15) is 5.69 Å². The second-order valence-electron chi connectivity index (χ2n) is 7.16. The van der Waals surface area contributed by atoms with E-state index in [4.69, 9.17) is 0 Å². The summed E-state index contributed by atoms with van der Waals surface area (Å²) < 4.78 is 0.